The van der Waals surface area contributed by atoms with Crippen LogP contribution in [0.4, 0.5) is 11.4 Å². The fraction of sp³-hybridized carbons (Fsp3) is 0.500. The smallest absolute Gasteiger partial charge is 0.326 e. The summed E-state index contributed by atoms with van der Waals surface area (Å²) < 4.78 is 0. The van der Waals surface area contributed by atoms with E-state index in [0.717, 1.165) is 0 Å². The van der Waals surface area contributed by atoms with E-state index in [-0.39, 0.29) is 57.7 Å². The molecule has 0 radical (unpaired) electrons. The normalized spacial score (nSPS) is 15.8. The molecule has 24 heteroatoms. The van der Waals surface area contributed by atoms with Crippen LogP contribution >= 0.6 is 0 Å². The lowest BCUT2D eigenvalue weighted by atomic mass is 9.98. The van der Waals surface area contributed by atoms with E-state index in [0.29, 0.717) is 41.0 Å². The zero-order valence-corrected chi connectivity index (χ0v) is 41.4. The minimum Gasteiger partial charge on any atom is -0.480 e. The van der Waals surface area contributed by atoms with E-state index >= 15 is 0 Å². The third-order valence-corrected chi connectivity index (χ3v) is 11.9. The lowest BCUT2D eigenvalue weighted by molar-refractivity contribution is -0.145. The van der Waals surface area contributed by atoms with Gasteiger partial charge in [-0.3, -0.25) is 38.6 Å². The van der Waals surface area contributed by atoms with Gasteiger partial charge in [-0.15, -0.1) is 0 Å². The van der Waals surface area contributed by atoms with Crippen LogP contribution in [0, 0.1) is 11.8 Å². The number of rotatable bonds is 27. The number of imidazole rings is 1. The summed E-state index contributed by atoms with van der Waals surface area (Å²) in [6.07, 6.45) is 3.79. The van der Waals surface area contributed by atoms with E-state index < -0.39 is 101 Å². The molecule has 24 nitrogen and oxygen atoms in total. The predicted molar refractivity (Wildman–Crippen MR) is 269 cm³/mol. The number of aromatic nitrogens is 2. The van der Waals surface area contributed by atoms with Crippen molar-refractivity contribution in [2.45, 2.75) is 115 Å². The van der Waals surface area contributed by atoms with Gasteiger partial charge < -0.3 is 75.1 Å². The summed E-state index contributed by atoms with van der Waals surface area (Å²) in [6, 6.07) is 4.66. The number of carboxylic acids is 1. The highest BCUT2D eigenvalue weighted by molar-refractivity contribution is 5.98. The molecule has 0 aliphatic carbocycles. The van der Waals surface area contributed by atoms with Crippen LogP contribution in [0.2, 0.25) is 0 Å². The molecule has 17 N–H and O–H groups in total. The number of nitrogen functional groups attached to an aromatic ring is 2. The third kappa shape index (κ3) is 17.6. The molecule has 1 aliphatic heterocycles. The van der Waals surface area contributed by atoms with Crippen molar-refractivity contribution in [2.24, 2.45) is 28.3 Å². The van der Waals surface area contributed by atoms with E-state index in [2.05, 4.69) is 52.2 Å². The molecule has 0 spiro atoms. The number of hydrogen-bond acceptors (Lipinski definition) is 13. The van der Waals surface area contributed by atoms with Gasteiger partial charge in [0.15, 0.2) is 5.96 Å². The van der Waals surface area contributed by atoms with Gasteiger partial charge >= 0.3 is 5.97 Å². The zero-order chi connectivity index (χ0) is 53.1. The standard InChI is InChI=1S/C48H71N15O9/c1-26(2)39(61-41(65)33(57-38(64)24-53-5)8-6-18-55-48(51)52)44(68)58-34(20-28-10-14-30(49)15-11-28)42(66)62-40(27(3)4)45(69)59-35(22-32-23-54-25-56-32)46(70)63-19-7-9-37(63)43(67)60-36(47(71)72)21-29-12-16-31(50)17-13-29/h10-17,23,25-27,33-37,39-40,53H,6-9,18-22,24,49-50H2,1-5H3,(H,54,56)(H,57,64)(H,58,68)(H,59,69)(H,60,67)(H,61,65)(H,62,66)(H,71,72)(H4,51,52,55)/t33-,34-,35-,36-,37-,39-,40-/m0/s1. The molecule has 0 unspecified atom stereocenters. The number of anilines is 2. The van der Waals surface area contributed by atoms with Crippen LogP contribution in [0.25, 0.3) is 0 Å². The molecule has 1 aliphatic rings. The minimum atomic E-state index is -1.32. The molecule has 2 aromatic carbocycles. The molecule has 3 aromatic rings. The molecular weight excluding hydrogens is 931 g/mol. The molecule has 7 atom stereocenters. The second-order valence-electron chi connectivity index (χ2n) is 18.4. The van der Waals surface area contributed by atoms with Crippen molar-refractivity contribution in [1.29, 1.82) is 0 Å². The summed E-state index contributed by atoms with van der Waals surface area (Å²) in [4.78, 5) is 122. The number of aliphatic carboxylic acids is 1. The SMILES string of the molecule is CNCC(=O)N[C@@H](CCCN=C(N)N)C(=O)N[C@H](C(=O)N[C@@H](Cc1ccc(N)cc1)C(=O)N[C@H](C(=O)N[C@@H](Cc1cnc[nH]1)C(=O)N1CCC[C@H]1C(=O)N[C@@H](Cc1ccc(N)cc1)C(=O)O)C(C)C)C(C)C. The predicted octanol–water partition coefficient (Wildman–Crippen LogP) is -1.83. The molecule has 7 amide bonds. The van der Waals surface area contributed by atoms with Crippen molar-refractivity contribution < 1.29 is 43.5 Å². The number of aromatic amines is 1. The number of likely N-dealkylation sites (tertiary alicyclic amines) is 1. The van der Waals surface area contributed by atoms with Gasteiger partial charge in [0.05, 0.1) is 12.9 Å². The Hall–Kier alpha value is -7.76. The Bertz CT molecular complexity index is 2340. The Morgan fingerprint density at radius 2 is 1.26 bits per heavy atom. The van der Waals surface area contributed by atoms with Crippen molar-refractivity contribution >= 4 is 64.7 Å². The molecule has 0 saturated carbocycles. The molecule has 72 heavy (non-hydrogen) atoms. The van der Waals surface area contributed by atoms with Crippen molar-refractivity contribution in [3.05, 3.63) is 77.9 Å². The quantitative estimate of drug-likeness (QED) is 0.0173. The van der Waals surface area contributed by atoms with Crippen molar-refractivity contribution in [3.8, 4) is 0 Å². The van der Waals surface area contributed by atoms with Crippen molar-refractivity contribution in [2.75, 3.05) is 38.1 Å². The van der Waals surface area contributed by atoms with Crippen LogP contribution in [0.5, 0.6) is 0 Å². The number of carbonyl (C=O) groups is 8. The second-order valence-corrected chi connectivity index (χ2v) is 18.4. The molecule has 1 fully saturated rings. The lowest BCUT2D eigenvalue weighted by Crippen LogP contribution is -2.61. The maximum atomic E-state index is 14.5. The van der Waals surface area contributed by atoms with Crippen LogP contribution in [0.1, 0.15) is 70.2 Å². The number of carboxylic acid groups (broad SMARTS) is 1. The summed E-state index contributed by atoms with van der Waals surface area (Å²) in [5.41, 5.74) is 25.3. The first-order chi connectivity index (χ1) is 34.2. The Kier molecular flexibility index (Phi) is 21.8. The Morgan fingerprint density at radius 3 is 1.76 bits per heavy atom. The monoisotopic (exact) mass is 1000 g/mol. The number of nitrogens with zero attached hydrogens (tertiary/aromatic N) is 3. The summed E-state index contributed by atoms with van der Waals surface area (Å²) in [5, 5.41) is 29.0. The Morgan fingerprint density at radius 1 is 0.722 bits per heavy atom. The van der Waals surface area contributed by atoms with Gasteiger partial charge in [-0.1, -0.05) is 52.0 Å². The van der Waals surface area contributed by atoms with Crippen LogP contribution in [-0.4, -0.2) is 142 Å². The third-order valence-electron chi connectivity index (χ3n) is 11.9. The lowest BCUT2D eigenvalue weighted by Gasteiger charge is -2.31. The average molecular weight is 1000 g/mol. The fourth-order valence-corrected chi connectivity index (χ4v) is 8.05. The summed E-state index contributed by atoms with van der Waals surface area (Å²) in [7, 11) is 1.57. The van der Waals surface area contributed by atoms with Crippen LogP contribution in [0.15, 0.2) is 66.0 Å². The number of likely N-dealkylation sites (N-methyl/N-ethyl adjacent to an activating group) is 1. The molecule has 392 valence electrons. The maximum absolute atomic E-state index is 14.5. The minimum absolute atomic E-state index is 0.0371. The molecule has 2 heterocycles. The number of amides is 7. The molecule has 1 saturated heterocycles. The van der Waals surface area contributed by atoms with Crippen molar-refractivity contribution in [1.82, 2.24) is 52.1 Å². The number of nitrogens with two attached hydrogens (primary N) is 4. The number of guanidine groups is 1. The molecule has 4 rings (SSSR count). The highest BCUT2D eigenvalue weighted by Crippen LogP contribution is 2.21. The van der Waals surface area contributed by atoms with E-state index in [1.54, 1.807) is 83.3 Å². The number of benzene rings is 2. The van der Waals surface area contributed by atoms with Gasteiger partial charge in [0.25, 0.3) is 0 Å². The molecule has 0 bridgehead atoms. The van der Waals surface area contributed by atoms with Gasteiger partial charge in [0.2, 0.25) is 41.4 Å². The number of carbonyl (C=O) groups excluding carboxylic acids is 7. The van der Waals surface area contributed by atoms with Gasteiger partial charge in [-0.25, -0.2) is 9.78 Å². The van der Waals surface area contributed by atoms with Crippen LogP contribution in [-0.2, 0) is 57.6 Å². The molecular formula is C48H71N15O9. The fourth-order valence-electron chi connectivity index (χ4n) is 8.05. The van der Waals surface area contributed by atoms with Crippen LogP contribution in [0.3, 0.4) is 0 Å². The van der Waals surface area contributed by atoms with E-state index in [9.17, 15) is 43.5 Å². The first kappa shape index (κ1) is 56.8. The zero-order valence-electron chi connectivity index (χ0n) is 41.4. The van der Waals surface area contributed by atoms with Gasteiger partial charge in [-0.2, -0.15) is 0 Å². The van der Waals surface area contributed by atoms with E-state index in [4.69, 9.17) is 22.9 Å². The summed E-state index contributed by atoms with van der Waals surface area (Å²) in [6.45, 7) is 7.00. The average Bonchev–Trinajstić information content (AvgIpc) is 4.04. The topological polar surface area (TPSA) is 389 Å². The summed E-state index contributed by atoms with van der Waals surface area (Å²) >= 11 is 0. The first-order valence-corrected chi connectivity index (χ1v) is 23.9. The van der Waals surface area contributed by atoms with E-state index in [1.807, 2.05) is 0 Å². The number of nitrogens with one attached hydrogen (secondary N) is 8. The summed E-state index contributed by atoms with van der Waals surface area (Å²) in [5.74, 6) is -7.16. The number of hydrogen-bond donors (Lipinski definition) is 13. The number of aliphatic imine (C=N–C) groups is 1. The highest BCUT2D eigenvalue weighted by Gasteiger charge is 2.41. The highest BCUT2D eigenvalue weighted by atomic mass is 16.4. The maximum Gasteiger partial charge on any atom is 0.326 e. The van der Waals surface area contributed by atoms with Crippen LogP contribution < -0.4 is 60.2 Å². The largest absolute Gasteiger partial charge is 0.480 e. The van der Waals surface area contributed by atoms with Gasteiger partial charge in [0, 0.05) is 55.6 Å². The number of H-pyrrole nitrogens is 1. The molecule has 1 aromatic heterocycles. The van der Waals surface area contributed by atoms with E-state index in [1.165, 1.54) is 17.4 Å². The van der Waals surface area contributed by atoms with Crippen molar-refractivity contribution in [3.63, 3.8) is 0 Å². The Balaban J connectivity index is 1.56. The van der Waals surface area contributed by atoms with Gasteiger partial charge in [-0.05, 0) is 80.0 Å². The second kappa shape index (κ2) is 27.6. The first-order valence-electron chi connectivity index (χ1n) is 23.9. The van der Waals surface area contributed by atoms with Gasteiger partial charge in [0.1, 0.15) is 42.3 Å². The Labute approximate surface area is 418 Å².